The van der Waals surface area contributed by atoms with Crippen LogP contribution < -0.4 is 0 Å². The van der Waals surface area contributed by atoms with Crippen LogP contribution in [0.15, 0.2) is 109 Å². The van der Waals surface area contributed by atoms with Crippen molar-refractivity contribution >= 4 is 17.9 Å². The van der Waals surface area contributed by atoms with Crippen LogP contribution in [-0.2, 0) is 28.6 Å². The minimum Gasteiger partial charge on any atom is -0.462 e. The first-order chi connectivity index (χ1) is 33.5. The summed E-state index contributed by atoms with van der Waals surface area (Å²) < 4.78 is 16.8. The largest absolute Gasteiger partial charge is 0.462 e. The Labute approximate surface area is 419 Å². The molecule has 0 aromatic rings. The summed E-state index contributed by atoms with van der Waals surface area (Å²) in [4.78, 5) is 38.1. The van der Waals surface area contributed by atoms with Crippen LogP contribution in [0.2, 0.25) is 0 Å². The Hall–Kier alpha value is -3.93. The molecule has 1 atom stereocenters. The second-order valence-electron chi connectivity index (χ2n) is 18.1. The van der Waals surface area contributed by atoms with Crippen LogP contribution in [0.4, 0.5) is 0 Å². The van der Waals surface area contributed by atoms with Gasteiger partial charge >= 0.3 is 17.9 Å². The fourth-order valence-corrected chi connectivity index (χ4v) is 7.36. The van der Waals surface area contributed by atoms with E-state index in [9.17, 15) is 14.4 Å². The van der Waals surface area contributed by atoms with Gasteiger partial charge in [-0.15, -0.1) is 0 Å². The molecule has 0 heterocycles. The molecule has 0 aromatic carbocycles. The van der Waals surface area contributed by atoms with E-state index in [4.69, 9.17) is 14.2 Å². The summed E-state index contributed by atoms with van der Waals surface area (Å²) >= 11 is 0. The summed E-state index contributed by atoms with van der Waals surface area (Å²) in [5, 5.41) is 0. The maximum Gasteiger partial charge on any atom is 0.306 e. The Kier molecular flexibility index (Phi) is 52.4. The second-order valence-corrected chi connectivity index (χ2v) is 18.1. The van der Waals surface area contributed by atoms with Crippen LogP contribution in [0.1, 0.15) is 245 Å². The lowest BCUT2D eigenvalue weighted by Gasteiger charge is -2.18. The number of hydrogen-bond acceptors (Lipinski definition) is 6. The summed E-state index contributed by atoms with van der Waals surface area (Å²) in [6.07, 6.45) is 75.0. The Bertz CT molecular complexity index is 1410. The Morgan fingerprint density at radius 3 is 0.912 bits per heavy atom. The molecule has 0 aliphatic carbocycles. The average molecular weight is 943 g/mol. The topological polar surface area (TPSA) is 78.9 Å². The van der Waals surface area contributed by atoms with Crippen LogP contribution in [-0.4, -0.2) is 37.2 Å². The standard InChI is InChI=1S/C62H102O6/c1-4-7-10-13-16-19-22-25-27-29-31-33-34-37-40-43-46-49-52-55-61(64)67-58-59(57-66-60(63)54-51-48-45-42-39-36-24-21-18-15-12-9-6-3)68-62(65)56-53-50-47-44-41-38-35-32-30-28-26-23-20-17-14-11-8-5-2/h7,9-10,12,16,18-21,23,25,27-28,30-31,33,36,39,59H,4-6,8,11,13-15,17,22,24,26,29,32,34-35,37-38,40-58H2,1-3H3/b10-7-,12-9-,19-16-,21-18-,23-20-,27-25-,30-28-,33-31-,39-36-. The van der Waals surface area contributed by atoms with E-state index >= 15 is 0 Å². The quantitative estimate of drug-likeness (QED) is 0.0262. The zero-order chi connectivity index (χ0) is 49.3. The van der Waals surface area contributed by atoms with E-state index in [2.05, 4.69) is 130 Å². The van der Waals surface area contributed by atoms with E-state index < -0.39 is 6.10 Å². The molecule has 0 aliphatic heterocycles. The van der Waals surface area contributed by atoms with E-state index in [0.717, 1.165) is 135 Å². The van der Waals surface area contributed by atoms with Gasteiger partial charge in [0.2, 0.25) is 0 Å². The van der Waals surface area contributed by atoms with Gasteiger partial charge in [0.05, 0.1) is 0 Å². The van der Waals surface area contributed by atoms with Gasteiger partial charge in [-0.1, -0.05) is 214 Å². The molecule has 0 spiro atoms. The summed E-state index contributed by atoms with van der Waals surface area (Å²) in [6.45, 7) is 6.35. The molecule has 6 heteroatoms. The maximum atomic E-state index is 12.8. The predicted molar refractivity (Wildman–Crippen MR) is 293 cm³/mol. The van der Waals surface area contributed by atoms with Crippen molar-refractivity contribution in [1.29, 1.82) is 0 Å². The highest BCUT2D eigenvalue weighted by molar-refractivity contribution is 5.71. The first kappa shape index (κ1) is 64.1. The average Bonchev–Trinajstić information content (AvgIpc) is 3.34. The zero-order valence-corrected chi connectivity index (χ0v) is 44.1. The van der Waals surface area contributed by atoms with E-state index in [1.165, 1.54) is 70.6 Å². The van der Waals surface area contributed by atoms with Gasteiger partial charge < -0.3 is 14.2 Å². The van der Waals surface area contributed by atoms with Crippen molar-refractivity contribution < 1.29 is 28.6 Å². The number of esters is 3. The number of carbonyl (C=O) groups excluding carboxylic acids is 3. The minimum atomic E-state index is -0.803. The monoisotopic (exact) mass is 943 g/mol. The maximum absolute atomic E-state index is 12.8. The summed E-state index contributed by atoms with van der Waals surface area (Å²) in [5.74, 6) is -0.952. The molecule has 68 heavy (non-hydrogen) atoms. The van der Waals surface area contributed by atoms with Crippen molar-refractivity contribution in [2.24, 2.45) is 0 Å². The van der Waals surface area contributed by atoms with Gasteiger partial charge in [-0.2, -0.15) is 0 Å². The van der Waals surface area contributed by atoms with Crippen LogP contribution in [0.3, 0.4) is 0 Å². The van der Waals surface area contributed by atoms with E-state index in [1.807, 2.05) is 0 Å². The molecule has 0 saturated heterocycles. The third-order valence-electron chi connectivity index (χ3n) is 11.5. The van der Waals surface area contributed by atoms with E-state index in [0.29, 0.717) is 19.3 Å². The lowest BCUT2D eigenvalue weighted by Crippen LogP contribution is -2.30. The smallest absolute Gasteiger partial charge is 0.306 e. The predicted octanol–water partition coefficient (Wildman–Crippen LogP) is 18.7. The lowest BCUT2D eigenvalue weighted by atomic mass is 10.1. The molecule has 0 bridgehead atoms. The molecule has 0 aliphatic rings. The number of rotatable bonds is 49. The van der Waals surface area contributed by atoms with Crippen LogP contribution >= 0.6 is 0 Å². The van der Waals surface area contributed by atoms with Crippen LogP contribution in [0.25, 0.3) is 0 Å². The van der Waals surface area contributed by atoms with Gasteiger partial charge in [0.15, 0.2) is 6.10 Å². The number of unbranched alkanes of at least 4 members (excludes halogenated alkanes) is 20. The van der Waals surface area contributed by atoms with Crippen molar-refractivity contribution in [1.82, 2.24) is 0 Å². The molecular formula is C62H102O6. The van der Waals surface area contributed by atoms with Gasteiger partial charge in [0.25, 0.3) is 0 Å². The first-order valence-electron chi connectivity index (χ1n) is 27.9. The van der Waals surface area contributed by atoms with Crippen molar-refractivity contribution in [3.05, 3.63) is 109 Å². The summed E-state index contributed by atoms with van der Waals surface area (Å²) in [5.41, 5.74) is 0. The Balaban J connectivity index is 4.46. The second kappa shape index (κ2) is 55.7. The van der Waals surface area contributed by atoms with Gasteiger partial charge in [-0.05, 0) is 122 Å². The van der Waals surface area contributed by atoms with Crippen LogP contribution in [0.5, 0.6) is 0 Å². The molecule has 0 fully saturated rings. The highest BCUT2D eigenvalue weighted by atomic mass is 16.6. The Morgan fingerprint density at radius 1 is 0.309 bits per heavy atom. The molecule has 0 radical (unpaired) electrons. The minimum absolute atomic E-state index is 0.100. The molecule has 1 unspecified atom stereocenters. The summed E-state index contributed by atoms with van der Waals surface area (Å²) in [6, 6.07) is 0. The van der Waals surface area contributed by atoms with Gasteiger partial charge in [0.1, 0.15) is 13.2 Å². The normalized spacial score (nSPS) is 12.9. The molecule has 6 nitrogen and oxygen atoms in total. The highest BCUT2D eigenvalue weighted by Crippen LogP contribution is 2.14. The third kappa shape index (κ3) is 53.0. The highest BCUT2D eigenvalue weighted by Gasteiger charge is 2.19. The molecule has 0 rings (SSSR count). The van der Waals surface area contributed by atoms with Gasteiger partial charge in [-0.25, -0.2) is 0 Å². The molecular weight excluding hydrogens is 841 g/mol. The van der Waals surface area contributed by atoms with Gasteiger partial charge in [-0.3, -0.25) is 14.4 Å². The van der Waals surface area contributed by atoms with Crippen molar-refractivity contribution in [2.75, 3.05) is 13.2 Å². The zero-order valence-electron chi connectivity index (χ0n) is 44.1. The number of ether oxygens (including phenoxy) is 3. The van der Waals surface area contributed by atoms with Crippen LogP contribution in [0, 0.1) is 0 Å². The third-order valence-corrected chi connectivity index (χ3v) is 11.5. The Morgan fingerprint density at radius 2 is 0.574 bits per heavy atom. The van der Waals surface area contributed by atoms with Crippen molar-refractivity contribution in [2.45, 2.75) is 252 Å². The number of hydrogen-bond donors (Lipinski definition) is 0. The van der Waals surface area contributed by atoms with Gasteiger partial charge in [0, 0.05) is 19.3 Å². The molecule has 0 amide bonds. The fraction of sp³-hybridized carbons (Fsp3) is 0.661. The number of carbonyl (C=O) groups is 3. The molecule has 386 valence electrons. The molecule has 0 N–H and O–H groups in total. The van der Waals surface area contributed by atoms with Crippen molar-refractivity contribution in [3.8, 4) is 0 Å². The summed E-state index contributed by atoms with van der Waals surface area (Å²) in [7, 11) is 0. The van der Waals surface area contributed by atoms with Crippen molar-refractivity contribution in [3.63, 3.8) is 0 Å². The fourth-order valence-electron chi connectivity index (χ4n) is 7.36. The van der Waals surface area contributed by atoms with E-state index in [-0.39, 0.29) is 31.1 Å². The molecule has 0 saturated carbocycles. The lowest BCUT2D eigenvalue weighted by molar-refractivity contribution is -0.167. The first-order valence-corrected chi connectivity index (χ1v) is 27.9. The SMILES string of the molecule is CC/C=C\C/C=C\C/C=C\C/C=C\CCCCCCCCC(=O)OCC(COC(=O)CCCCC/C=C\C/C=C\C/C=C\CC)OC(=O)CCCCCCCCC/C=C\C/C=C\CCCCCC. The molecule has 0 aromatic heterocycles. The van der Waals surface area contributed by atoms with E-state index in [1.54, 1.807) is 0 Å². The number of allylic oxidation sites excluding steroid dienone is 18.